The molecule has 0 amide bonds. The fourth-order valence-electron chi connectivity index (χ4n) is 4.25. The smallest absolute Gasteiger partial charge is 0.303 e. The van der Waals surface area contributed by atoms with Gasteiger partial charge in [0.05, 0.1) is 0 Å². The standard InChI is InChI=1S/C26H26O3/c1-17-5-3-6-18(2)26(17)22-8-4-7-20(16-22)24-13-11-21-15-19(10-14-25(27)28)9-12-23(21)29-24/h3-9,12,15-16,24H,10-11,13-14H2,1-2H3,(H,27,28). The van der Waals surface area contributed by atoms with Crippen LogP contribution in [0.3, 0.4) is 0 Å². The van der Waals surface area contributed by atoms with Crippen molar-refractivity contribution in [2.24, 2.45) is 0 Å². The average Bonchev–Trinajstić information content (AvgIpc) is 2.72. The van der Waals surface area contributed by atoms with Gasteiger partial charge in [-0.05, 0) is 84.2 Å². The van der Waals surface area contributed by atoms with E-state index in [1.165, 1.54) is 33.4 Å². The minimum atomic E-state index is -0.761. The van der Waals surface area contributed by atoms with Crippen LogP contribution in [0.5, 0.6) is 5.75 Å². The highest BCUT2D eigenvalue weighted by Gasteiger charge is 2.22. The number of hydrogen-bond donors (Lipinski definition) is 1. The Labute approximate surface area is 172 Å². The molecule has 3 aromatic rings. The second-order valence-corrected chi connectivity index (χ2v) is 7.87. The van der Waals surface area contributed by atoms with Crippen molar-refractivity contribution in [1.29, 1.82) is 0 Å². The fraction of sp³-hybridized carbons (Fsp3) is 0.269. The molecule has 1 aliphatic rings. The molecule has 1 atom stereocenters. The zero-order chi connectivity index (χ0) is 20.4. The zero-order valence-electron chi connectivity index (χ0n) is 16.9. The molecular weight excluding hydrogens is 360 g/mol. The molecule has 0 saturated heterocycles. The van der Waals surface area contributed by atoms with Crippen molar-refractivity contribution in [2.75, 3.05) is 0 Å². The van der Waals surface area contributed by atoms with E-state index in [2.05, 4.69) is 62.4 Å². The Kier molecular flexibility index (Phi) is 5.39. The Hall–Kier alpha value is -3.07. The lowest BCUT2D eigenvalue weighted by Gasteiger charge is -2.27. The normalized spacial score (nSPS) is 15.4. The van der Waals surface area contributed by atoms with E-state index < -0.39 is 5.97 Å². The van der Waals surface area contributed by atoms with Crippen LogP contribution in [0.15, 0.2) is 60.7 Å². The number of carboxylic acid groups (broad SMARTS) is 1. The first-order chi connectivity index (χ1) is 14.0. The molecule has 1 heterocycles. The van der Waals surface area contributed by atoms with Crippen LogP contribution < -0.4 is 4.74 Å². The highest BCUT2D eigenvalue weighted by Crippen LogP contribution is 2.37. The molecule has 1 aliphatic heterocycles. The maximum absolute atomic E-state index is 10.8. The van der Waals surface area contributed by atoms with Gasteiger partial charge in [0.2, 0.25) is 0 Å². The van der Waals surface area contributed by atoms with Crippen LogP contribution in [0.1, 0.15) is 46.8 Å². The number of carbonyl (C=O) groups is 1. The maximum atomic E-state index is 10.8. The quantitative estimate of drug-likeness (QED) is 0.580. The number of ether oxygens (including phenoxy) is 1. The lowest BCUT2D eigenvalue weighted by atomic mass is 9.91. The van der Waals surface area contributed by atoms with E-state index in [9.17, 15) is 4.79 Å². The van der Waals surface area contributed by atoms with Crippen molar-refractivity contribution in [2.45, 2.75) is 45.6 Å². The SMILES string of the molecule is Cc1cccc(C)c1-c1cccc(C2CCc3cc(CCC(=O)O)ccc3O2)c1. The van der Waals surface area contributed by atoms with Crippen LogP contribution in [0.25, 0.3) is 11.1 Å². The zero-order valence-corrected chi connectivity index (χ0v) is 16.9. The summed E-state index contributed by atoms with van der Waals surface area (Å²) in [5.41, 5.74) is 8.54. The molecule has 0 fully saturated rings. The Morgan fingerprint density at radius 1 is 1.03 bits per heavy atom. The van der Waals surface area contributed by atoms with Gasteiger partial charge in [0.15, 0.2) is 0 Å². The third-order valence-electron chi connectivity index (χ3n) is 5.73. The lowest BCUT2D eigenvalue weighted by Crippen LogP contribution is -2.15. The summed E-state index contributed by atoms with van der Waals surface area (Å²) < 4.78 is 6.33. The van der Waals surface area contributed by atoms with E-state index >= 15 is 0 Å². The molecule has 0 spiro atoms. The summed E-state index contributed by atoms with van der Waals surface area (Å²) in [5.74, 6) is 0.153. The van der Waals surface area contributed by atoms with Gasteiger partial charge in [-0.3, -0.25) is 4.79 Å². The van der Waals surface area contributed by atoms with Crippen LogP contribution in [-0.4, -0.2) is 11.1 Å². The van der Waals surface area contributed by atoms with Gasteiger partial charge in [0, 0.05) is 6.42 Å². The maximum Gasteiger partial charge on any atom is 0.303 e. The number of aryl methyl sites for hydroxylation is 4. The van der Waals surface area contributed by atoms with Gasteiger partial charge in [-0.1, -0.05) is 48.5 Å². The summed E-state index contributed by atoms with van der Waals surface area (Å²) in [4.78, 5) is 10.8. The number of fused-ring (bicyclic) bond motifs is 1. The van der Waals surface area contributed by atoms with Gasteiger partial charge in [-0.15, -0.1) is 0 Å². The molecule has 4 rings (SSSR count). The van der Waals surface area contributed by atoms with Crippen LogP contribution in [0, 0.1) is 13.8 Å². The molecule has 0 bridgehead atoms. The van der Waals surface area contributed by atoms with Crippen molar-refractivity contribution in [1.82, 2.24) is 0 Å². The van der Waals surface area contributed by atoms with Crippen molar-refractivity contribution >= 4 is 5.97 Å². The Morgan fingerprint density at radius 2 is 1.79 bits per heavy atom. The first-order valence-corrected chi connectivity index (χ1v) is 10.2. The van der Waals surface area contributed by atoms with E-state index in [4.69, 9.17) is 9.84 Å². The lowest BCUT2D eigenvalue weighted by molar-refractivity contribution is -0.136. The van der Waals surface area contributed by atoms with E-state index in [0.717, 1.165) is 24.2 Å². The van der Waals surface area contributed by atoms with Gasteiger partial charge in [-0.25, -0.2) is 0 Å². The van der Waals surface area contributed by atoms with Gasteiger partial charge in [0.1, 0.15) is 11.9 Å². The van der Waals surface area contributed by atoms with Crippen molar-refractivity contribution in [3.05, 3.63) is 88.5 Å². The summed E-state index contributed by atoms with van der Waals surface area (Å²) in [6.45, 7) is 4.31. The number of hydrogen-bond acceptors (Lipinski definition) is 2. The van der Waals surface area contributed by atoms with Gasteiger partial charge >= 0.3 is 5.97 Å². The number of rotatable bonds is 5. The molecule has 29 heavy (non-hydrogen) atoms. The largest absolute Gasteiger partial charge is 0.485 e. The molecular formula is C26H26O3. The molecule has 0 saturated carbocycles. The molecule has 3 heteroatoms. The third kappa shape index (κ3) is 4.19. The monoisotopic (exact) mass is 386 g/mol. The molecule has 3 aromatic carbocycles. The van der Waals surface area contributed by atoms with Gasteiger partial charge in [0.25, 0.3) is 0 Å². The molecule has 148 valence electrons. The molecule has 0 aliphatic carbocycles. The van der Waals surface area contributed by atoms with E-state index in [1.54, 1.807) is 0 Å². The van der Waals surface area contributed by atoms with Gasteiger partial charge < -0.3 is 9.84 Å². The Balaban J connectivity index is 1.56. The summed E-state index contributed by atoms with van der Waals surface area (Å²) in [6.07, 6.45) is 2.62. The summed E-state index contributed by atoms with van der Waals surface area (Å²) in [7, 11) is 0. The van der Waals surface area contributed by atoms with Crippen LogP contribution in [0.4, 0.5) is 0 Å². The average molecular weight is 386 g/mol. The first kappa shape index (κ1) is 19.3. The fourth-order valence-corrected chi connectivity index (χ4v) is 4.25. The third-order valence-corrected chi connectivity index (χ3v) is 5.73. The molecule has 1 unspecified atom stereocenters. The molecule has 0 radical (unpaired) electrons. The summed E-state index contributed by atoms with van der Waals surface area (Å²) in [6, 6.07) is 21.2. The van der Waals surface area contributed by atoms with Crippen LogP contribution in [0.2, 0.25) is 0 Å². The predicted octanol–water partition coefficient (Wildman–Crippen LogP) is 6.05. The van der Waals surface area contributed by atoms with E-state index in [1.807, 2.05) is 12.1 Å². The second kappa shape index (κ2) is 8.12. The van der Waals surface area contributed by atoms with Gasteiger partial charge in [-0.2, -0.15) is 0 Å². The first-order valence-electron chi connectivity index (χ1n) is 10.2. The number of benzene rings is 3. The van der Waals surface area contributed by atoms with Crippen molar-refractivity contribution in [3.63, 3.8) is 0 Å². The van der Waals surface area contributed by atoms with E-state index in [-0.39, 0.29) is 12.5 Å². The van der Waals surface area contributed by atoms with Crippen LogP contribution >= 0.6 is 0 Å². The molecule has 0 aromatic heterocycles. The predicted molar refractivity (Wildman–Crippen MR) is 115 cm³/mol. The highest BCUT2D eigenvalue weighted by molar-refractivity contribution is 5.71. The summed E-state index contributed by atoms with van der Waals surface area (Å²) in [5, 5.41) is 8.89. The minimum absolute atomic E-state index is 0.0386. The molecule has 3 nitrogen and oxygen atoms in total. The van der Waals surface area contributed by atoms with Crippen molar-refractivity contribution in [3.8, 4) is 16.9 Å². The Morgan fingerprint density at radius 3 is 2.55 bits per heavy atom. The van der Waals surface area contributed by atoms with Crippen LogP contribution in [-0.2, 0) is 17.6 Å². The number of carboxylic acids is 1. The van der Waals surface area contributed by atoms with E-state index in [0.29, 0.717) is 6.42 Å². The molecule has 1 N–H and O–H groups in total. The van der Waals surface area contributed by atoms with Crippen molar-refractivity contribution < 1.29 is 14.6 Å². The minimum Gasteiger partial charge on any atom is -0.485 e. The topological polar surface area (TPSA) is 46.5 Å². The Bertz CT molecular complexity index is 1030. The second-order valence-electron chi connectivity index (χ2n) is 7.87. The summed E-state index contributed by atoms with van der Waals surface area (Å²) >= 11 is 0. The highest BCUT2D eigenvalue weighted by atomic mass is 16.5. The number of aliphatic carboxylic acids is 1.